The maximum Gasteiger partial charge on any atom is 0.185 e. The van der Waals surface area contributed by atoms with Gasteiger partial charge in [-0.05, 0) is 52.7 Å². The van der Waals surface area contributed by atoms with Crippen LogP contribution in [-0.4, -0.2) is 49.2 Å². The second kappa shape index (κ2) is 7.07. The Labute approximate surface area is 132 Å². The van der Waals surface area contributed by atoms with Gasteiger partial charge in [0.2, 0.25) is 0 Å². The first kappa shape index (κ1) is 15.3. The van der Waals surface area contributed by atoms with Gasteiger partial charge < -0.3 is 15.1 Å². The maximum absolute atomic E-state index is 4.78. The van der Waals surface area contributed by atoms with Crippen LogP contribution in [0.3, 0.4) is 0 Å². The fourth-order valence-corrected chi connectivity index (χ4v) is 4.70. The molecule has 0 amide bonds. The summed E-state index contributed by atoms with van der Waals surface area (Å²) in [5, 5.41) is 4.47. The van der Waals surface area contributed by atoms with Crippen LogP contribution in [0.15, 0.2) is 0 Å². The second-order valence-electron chi connectivity index (χ2n) is 6.35. The number of nitrogens with one attached hydrogen (secondary N) is 1. The predicted octanol–water partition coefficient (Wildman–Crippen LogP) is 2.63. The normalized spacial score (nSPS) is 21.9. The van der Waals surface area contributed by atoms with E-state index in [0.717, 1.165) is 12.6 Å². The molecule has 2 aliphatic rings. The molecule has 2 saturated heterocycles. The second-order valence-corrected chi connectivity index (χ2v) is 7.41. The summed E-state index contributed by atoms with van der Waals surface area (Å²) in [5.41, 5.74) is 1.20. The molecule has 1 aromatic rings. The van der Waals surface area contributed by atoms with Gasteiger partial charge in [0.15, 0.2) is 5.13 Å². The van der Waals surface area contributed by atoms with Crippen molar-refractivity contribution in [2.75, 3.05) is 38.1 Å². The van der Waals surface area contributed by atoms with Crippen molar-refractivity contribution in [3.63, 3.8) is 0 Å². The van der Waals surface area contributed by atoms with Crippen molar-refractivity contribution in [3.05, 3.63) is 10.6 Å². The molecule has 1 aromatic heterocycles. The monoisotopic (exact) mass is 308 g/mol. The summed E-state index contributed by atoms with van der Waals surface area (Å²) >= 11 is 1.87. The molecule has 0 aromatic carbocycles. The average molecular weight is 308 g/mol. The van der Waals surface area contributed by atoms with E-state index in [1.165, 1.54) is 74.0 Å². The number of hydrogen-bond donors (Lipinski definition) is 1. The standard InChI is InChI=1S/C16H28N4S/c1-13-15(12-17-2)21-16(18-13)20-10-6-14(7-11-20)19-8-4-3-5-9-19/h14,17H,3-12H2,1-2H3. The summed E-state index contributed by atoms with van der Waals surface area (Å²) in [4.78, 5) is 11.4. The molecule has 118 valence electrons. The van der Waals surface area contributed by atoms with Crippen LogP contribution in [0, 0.1) is 6.92 Å². The van der Waals surface area contributed by atoms with Crippen LogP contribution >= 0.6 is 11.3 Å². The number of aromatic nitrogens is 1. The summed E-state index contributed by atoms with van der Waals surface area (Å²) in [6.45, 7) is 8.07. The van der Waals surface area contributed by atoms with Crippen LogP contribution in [0.2, 0.25) is 0 Å². The fourth-order valence-electron chi connectivity index (χ4n) is 3.58. The lowest BCUT2D eigenvalue weighted by Crippen LogP contribution is -2.46. The Hall–Kier alpha value is -0.650. The van der Waals surface area contributed by atoms with Gasteiger partial charge >= 0.3 is 0 Å². The molecule has 2 aliphatic heterocycles. The molecule has 0 bridgehead atoms. The smallest absolute Gasteiger partial charge is 0.185 e. The van der Waals surface area contributed by atoms with Crippen molar-refractivity contribution in [3.8, 4) is 0 Å². The lowest BCUT2D eigenvalue weighted by atomic mass is 10.0. The van der Waals surface area contributed by atoms with Crippen molar-refractivity contribution < 1.29 is 0 Å². The molecule has 1 N–H and O–H groups in total. The molecule has 21 heavy (non-hydrogen) atoms. The van der Waals surface area contributed by atoms with Gasteiger partial charge in [0.05, 0.1) is 5.69 Å². The highest BCUT2D eigenvalue weighted by Gasteiger charge is 2.26. The van der Waals surface area contributed by atoms with Gasteiger partial charge in [-0.1, -0.05) is 6.42 Å². The number of thiazole rings is 1. The third-order valence-corrected chi connectivity index (χ3v) is 6.08. The summed E-state index contributed by atoms with van der Waals surface area (Å²) in [6, 6.07) is 0.819. The molecule has 3 heterocycles. The third kappa shape index (κ3) is 3.58. The minimum absolute atomic E-state index is 0.819. The number of likely N-dealkylation sites (tertiary alicyclic amines) is 1. The zero-order valence-electron chi connectivity index (χ0n) is 13.4. The highest BCUT2D eigenvalue weighted by Crippen LogP contribution is 2.29. The van der Waals surface area contributed by atoms with Gasteiger partial charge in [-0.25, -0.2) is 4.98 Å². The Bertz CT molecular complexity index is 445. The summed E-state index contributed by atoms with van der Waals surface area (Å²) in [5.74, 6) is 0. The Kier molecular flexibility index (Phi) is 5.14. The van der Waals surface area contributed by atoms with Crippen LogP contribution in [0.5, 0.6) is 0 Å². The van der Waals surface area contributed by atoms with Crippen molar-refractivity contribution in [1.29, 1.82) is 0 Å². The van der Waals surface area contributed by atoms with E-state index in [1.54, 1.807) is 0 Å². The van der Waals surface area contributed by atoms with Crippen LogP contribution < -0.4 is 10.2 Å². The van der Waals surface area contributed by atoms with E-state index < -0.39 is 0 Å². The van der Waals surface area contributed by atoms with Gasteiger partial charge in [-0.15, -0.1) is 11.3 Å². The molecule has 0 spiro atoms. The quantitative estimate of drug-likeness (QED) is 0.926. The molecule has 2 fully saturated rings. The summed E-state index contributed by atoms with van der Waals surface area (Å²) in [6.07, 6.45) is 6.85. The minimum Gasteiger partial charge on any atom is -0.348 e. The van der Waals surface area contributed by atoms with E-state index in [1.807, 2.05) is 18.4 Å². The van der Waals surface area contributed by atoms with Crippen LogP contribution in [0.4, 0.5) is 5.13 Å². The molecule has 0 unspecified atom stereocenters. The Balaban J connectivity index is 1.56. The molecule has 4 nitrogen and oxygen atoms in total. The number of piperidine rings is 2. The van der Waals surface area contributed by atoms with Gasteiger partial charge in [-0.2, -0.15) is 0 Å². The average Bonchev–Trinajstić information content (AvgIpc) is 2.90. The Morgan fingerprint density at radius 1 is 1.14 bits per heavy atom. The molecule has 0 aliphatic carbocycles. The van der Waals surface area contributed by atoms with E-state index in [0.29, 0.717) is 0 Å². The van der Waals surface area contributed by atoms with Gasteiger partial charge in [0.25, 0.3) is 0 Å². The number of hydrogen-bond acceptors (Lipinski definition) is 5. The number of nitrogens with zero attached hydrogens (tertiary/aromatic N) is 3. The molecular formula is C16H28N4S. The summed E-state index contributed by atoms with van der Waals surface area (Å²) in [7, 11) is 2.00. The molecule has 5 heteroatoms. The molecule has 0 radical (unpaired) electrons. The Morgan fingerprint density at radius 3 is 2.52 bits per heavy atom. The largest absolute Gasteiger partial charge is 0.348 e. The minimum atomic E-state index is 0.819. The lowest BCUT2D eigenvalue weighted by Gasteiger charge is -2.40. The van der Waals surface area contributed by atoms with Gasteiger partial charge in [0, 0.05) is 30.6 Å². The van der Waals surface area contributed by atoms with Crippen molar-refractivity contribution in [2.24, 2.45) is 0 Å². The van der Waals surface area contributed by atoms with Crippen LogP contribution in [-0.2, 0) is 6.54 Å². The molecule has 3 rings (SSSR count). The highest BCUT2D eigenvalue weighted by atomic mass is 32.1. The lowest BCUT2D eigenvalue weighted by molar-refractivity contribution is 0.141. The van der Waals surface area contributed by atoms with E-state index in [9.17, 15) is 0 Å². The topological polar surface area (TPSA) is 31.4 Å². The zero-order chi connectivity index (χ0) is 14.7. The van der Waals surface area contributed by atoms with Crippen molar-refractivity contribution in [1.82, 2.24) is 15.2 Å². The highest BCUT2D eigenvalue weighted by molar-refractivity contribution is 7.15. The predicted molar refractivity (Wildman–Crippen MR) is 90.3 cm³/mol. The maximum atomic E-state index is 4.78. The zero-order valence-corrected chi connectivity index (χ0v) is 14.2. The number of rotatable bonds is 4. The van der Waals surface area contributed by atoms with Gasteiger partial charge in [0.1, 0.15) is 0 Å². The van der Waals surface area contributed by atoms with E-state index in [-0.39, 0.29) is 0 Å². The summed E-state index contributed by atoms with van der Waals surface area (Å²) < 4.78 is 0. The first-order valence-corrected chi connectivity index (χ1v) is 9.19. The van der Waals surface area contributed by atoms with E-state index in [2.05, 4.69) is 22.0 Å². The first-order valence-electron chi connectivity index (χ1n) is 8.38. The number of anilines is 1. The molecule has 0 saturated carbocycles. The van der Waals surface area contributed by atoms with Gasteiger partial charge in [-0.3, -0.25) is 0 Å². The third-order valence-electron chi connectivity index (χ3n) is 4.86. The molecular weight excluding hydrogens is 280 g/mol. The van der Waals surface area contributed by atoms with E-state index in [4.69, 9.17) is 4.98 Å². The van der Waals surface area contributed by atoms with Crippen LogP contribution in [0.25, 0.3) is 0 Å². The fraction of sp³-hybridized carbons (Fsp3) is 0.812. The molecule has 0 atom stereocenters. The SMILES string of the molecule is CNCc1sc(N2CCC(N3CCCCC3)CC2)nc1C. The number of aryl methyl sites for hydroxylation is 1. The van der Waals surface area contributed by atoms with Crippen molar-refractivity contribution in [2.45, 2.75) is 51.6 Å². The van der Waals surface area contributed by atoms with E-state index >= 15 is 0 Å². The van der Waals surface area contributed by atoms with Crippen molar-refractivity contribution >= 4 is 16.5 Å². The first-order chi connectivity index (χ1) is 10.3. The van der Waals surface area contributed by atoms with Crippen LogP contribution in [0.1, 0.15) is 42.7 Å². The Morgan fingerprint density at radius 2 is 1.86 bits per heavy atom.